The highest BCUT2D eigenvalue weighted by Crippen LogP contribution is 2.28. The maximum Gasteiger partial charge on any atom is 0.241 e. The van der Waals surface area contributed by atoms with E-state index in [0.29, 0.717) is 23.2 Å². The van der Waals surface area contributed by atoms with Gasteiger partial charge in [-0.2, -0.15) is 0 Å². The van der Waals surface area contributed by atoms with Crippen LogP contribution in [0.15, 0.2) is 11.0 Å². The van der Waals surface area contributed by atoms with Gasteiger partial charge in [-0.1, -0.05) is 6.07 Å². The number of hydrogen-bond donors (Lipinski definition) is 2. The van der Waals surface area contributed by atoms with Crippen LogP contribution in [0.5, 0.6) is 0 Å². The van der Waals surface area contributed by atoms with Crippen LogP contribution in [0.1, 0.15) is 23.1 Å². The zero-order valence-corrected chi connectivity index (χ0v) is 13.9. The van der Waals surface area contributed by atoms with E-state index in [1.165, 1.54) is 0 Å². The van der Waals surface area contributed by atoms with Crippen molar-refractivity contribution in [2.75, 3.05) is 17.2 Å². The summed E-state index contributed by atoms with van der Waals surface area (Å²) in [6.07, 6.45) is 0.307. The van der Waals surface area contributed by atoms with Crippen molar-refractivity contribution in [3.05, 3.63) is 22.8 Å². The number of nitrogens with one attached hydrogen (secondary N) is 1. The zero-order valence-electron chi connectivity index (χ0n) is 12.3. The molecule has 1 aromatic rings. The molecule has 0 aromatic heterocycles. The fraction of sp³-hybridized carbons (Fsp3) is 0.538. The highest BCUT2D eigenvalue weighted by molar-refractivity contribution is 7.92. The molecule has 1 fully saturated rings. The third kappa shape index (κ3) is 3.22. The molecule has 8 heteroatoms. The molecule has 0 bridgehead atoms. The van der Waals surface area contributed by atoms with Gasteiger partial charge in [0.15, 0.2) is 9.84 Å². The van der Waals surface area contributed by atoms with E-state index in [0.717, 1.165) is 5.56 Å². The molecule has 0 amide bonds. The summed E-state index contributed by atoms with van der Waals surface area (Å²) in [5.41, 5.74) is 8.29. The Bertz CT molecular complexity index is 783. The zero-order chi connectivity index (χ0) is 16.0. The van der Waals surface area contributed by atoms with Crippen LogP contribution in [0.2, 0.25) is 0 Å². The Morgan fingerprint density at radius 2 is 1.86 bits per heavy atom. The summed E-state index contributed by atoms with van der Waals surface area (Å²) in [5.74, 6) is -0.125. The molecule has 0 radical (unpaired) electrons. The second-order valence-corrected chi connectivity index (χ2v) is 9.48. The molecule has 1 aliphatic rings. The molecule has 6 nitrogen and oxygen atoms in total. The predicted molar refractivity (Wildman–Crippen MR) is 82.4 cm³/mol. The lowest BCUT2D eigenvalue weighted by atomic mass is 10.1. The average Bonchev–Trinajstić information content (AvgIpc) is 2.64. The van der Waals surface area contributed by atoms with E-state index in [1.54, 1.807) is 19.9 Å². The number of aryl methyl sites for hydroxylation is 2. The van der Waals surface area contributed by atoms with Crippen LogP contribution >= 0.6 is 0 Å². The Balaban J connectivity index is 2.40. The lowest BCUT2D eigenvalue weighted by molar-refractivity contribution is 0.561. The van der Waals surface area contributed by atoms with Crippen LogP contribution in [0.3, 0.4) is 0 Å². The molecule has 1 aliphatic heterocycles. The first-order valence-corrected chi connectivity index (χ1v) is 9.93. The first-order valence-electron chi connectivity index (χ1n) is 6.62. The topological polar surface area (TPSA) is 106 Å². The van der Waals surface area contributed by atoms with Crippen molar-refractivity contribution < 1.29 is 16.8 Å². The molecule has 118 valence electrons. The van der Waals surface area contributed by atoms with Crippen molar-refractivity contribution in [3.63, 3.8) is 0 Å². The summed E-state index contributed by atoms with van der Waals surface area (Å²) in [4.78, 5) is 0.148. The van der Waals surface area contributed by atoms with Gasteiger partial charge in [0.1, 0.15) is 0 Å². The van der Waals surface area contributed by atoms with Gasteiger partial charge in [-0.3, -0.25) is 0 Å². The number of sulfone groups is 1. The van der Waals surface area contributed by atoms with E-state index in [9.17, 15) is 16.8 Å². The highest BCUT2D eigenvalue weighted by Gasteiger charge is 2.32. The largest absolute Gasteiger partial charge is 0.398 e. The van der Waals surface area contributed by atoms with E-state index < -0.39 is 25.9 Å². The summed E-state index contributed by atoms with van der Waals surface area (Å²) in [5, 5.41) is 0. The standard InChI is InChI=1S/C13H20N2O4S2/c1-8-6-9(2)13(10(3)12(8)14)21(18,19)15-11-4-5-20(16,17)7-11/h6,11,15H,4-5,7,14H2,1-3H3. The third-order valence-electron chi connectivity index (χ3n) is 3.78. The average molecular weight is 332 g/mol. The summed E-state index contributed by atoms with van der Waals surface area (Å²) < 4.78 is 50.5. The van der Waals surface area contributed by atoms with Crippen LogP contribution < -0.4 is 10.5 Å². The van der Waals surface area contributed by atoms with Crippen molar-refractivity contribution >= 4 is 25.5 Å². The fourth-order valence-electron chi connectivity index (χ4n) is 2.76. The van der Waals surface area contributed by atoms with Gasteiger partial charge in [-0.05, 0) is 43.9 Å². The fourth-order valence-corrected chi connectivity index (χ4v) is 6.29. The molecule has 1 unspecified atom stereocenters. The van der Waals surface area contributed by atoms with Crippen LogP contribution in [-0.2, 0) is 19.9 Å². The van der Waals surface area contributed by atoms with Crippen molar-refractivity contribution in [2.24, 2.45) is 0 Å². The van der Waals surface area contributed by atoms with Crippen molar-refractivity contribution in [1.29, 1.82) is 0 Å². The lowest BCUT2D eigenvalue weighted by Crippen LogP contribution is -2.36. The molecule has 0 aliphatic carbocycles. The smallest absolute Gasteiger partial charge is 0.241 e. The SMILES string of the molecule is Cc1cc(C)c(S(=O)(=O)NC2CCS(=O)(=O)C2)c(C)c1N. The van der Waals surface area contributed by atoms with E-state index in [-0.39, 0.29) is 16.4 Å². The molecule has 0 spiro atoms. The molecule has 1 aromatic carbocycles. The van der Waals surface area contributed by atoms with Gasteiger partial charge >= 0.3 is 0 Å². The maximum absolute atomic E-state index is 12.5. The quantitative estimate of drug-likeness (QED) is 0.791. The normalized spacial score (nSPS) is 21.6. The minimum atomic E-state index is -3.79. The monoisotopic (exact) mass is 332 g/mol. The van der Waals surface area contributed by atoms with E-state index in [4.69, 9.17) is 5.73 Å². The first-order chi connectivity index (χ1) is 9.53. The minimum Gasteiger partial charge on any atom is -0.398 e. The van der Waals surface area contributed by atoms with E-state index >= 15 is 0 Å². The minimum absolute atomic E-state index is 0.0220. The summed E-state index contributed by atoms with van der Waals surface area (Å²) in [6, 6.07) is 1.16. The van der Waals surface area contributed by atoms with Crippen LogP contribution in [0.4, 0.5) is 5.69 Å². The van der Waals surface area contributed by atoms with Crippen molar-refractivity contribution in [3.8, 4) is 0 Å². The van der Waals surface area contributed by atoms with Gasteiger partial charge in [-0.25, -0.2) is 21.6 Å². The summed E-state index contributed by atoms with van der Waals surface area (Å²) >= 11 is 0. The van der Waals surface area contributed by atoms with Gasteiger partial charge < -0.3 is 5.73 Å². The summed E-state index contributed by atoms with van der Waals surface area (Å²) in [6.45, 7) is 5.19. The van der Waals surface area contributed by atoms with Gasteiger partial charge in [0, 0.05) is 11.7 Å². The number of rotatable bonds is 3. The molecule has 1 atom stereocenters. The number of anilines is 1. The molecule has 0 saturated carbocycles. The Labute approximate surface area is 125 Å². The molecule has 3 N–H and O–H groups in total. The second-order valence-electron chi connectivity index (χ2n) is 5.60. The lowest BCUT2D eigenvalue weighted by Gasteiger charge is -2.17. The Hall–Kier alpha value is -1.12. The molecule has 21 heavy (non-hydrogen) atoms. The predicted octanol–water partition coefficient (Wildman–Crippen LogP) is 0.659. The van der Waals surface area contributed by atoms with Crippen LogP contribution in [-0.4, -0.2) is 34.4 Å². The third-order valence-corrected chi connectivity index (χ3v) is 7.36. The number of hydrogen-bond acceptors (Lipinski definition) is 5. The second kappa shape index (κ2) is 5.26. The Kier molecular flexibility index (Phi) is 4.07. The maximum atomic E-state index is 12.5. The van der Waals surface area contributed by atoms with Gasteiger partial charge in [0.05, 0.1) is 16.4 Å². The highest BCUT2D eigenvalue weighted by atomic mass is 32.2. The number of nitrogens with two attached hydrogens (primary N) is 1. The number of benzene rings is 1. The van der Waals surface area contributed by atoms with E-state index in [2.05, 4.69) is 4.72 Å². The Morgan fingerprint density at radius 3 is 2.38 bits per heavy atom. The first kappa shape index (κ1) is 16.3. The van der Waals surface area contributed by atoms with Crippen molar-refractivity contribution in [1.82, 2.24) is 4.72 Å². The van der Waals surface area contributed by atoms with Gasteiger partial charge in [0.25, 0.3) is 0 Å². The number of sulfonamides is 1. The van der Waals surface area contributed by atoms with E-state index in [1.807, 2.05) is 6.92 Å². The summed E-state index contributed by atoms with van der Waals surface area (Å²) in [7, 11) is -6.93. The Morgan fingerprint density at radius 1 is 1.24 bits per heavy atom. The molecule has 1 saturated heterocycles. The molecular weight excluding hydrogens is 312 g/mol. The molecular formula is C13H20N2O4S2. The molecule has 2 rings (SSSR count). The van der Waals surface area contributed by atoms with Gasteiger partial charge in [0.2, 0.25) is 10.0 Å². The van der Waals surface area contributed by atoms with Crippen LogP contribution in [0, 0.1) is 20.8 Å². The number of nitrogen functional groups attached to an aromatic ring is 1. The molecule has 1 heterocycles. The van der Waals surface area contributed by atoms with Crippen LogP contribution in [0.25, 0.3) is 0 Å². The van der Waals surface area contributed by atoms with Gasteiger partial charge in [-0.15, -0.1) is 0 Å². The van der Waals surface area contributed by atoms with Crippen molar-refractivity contribution in [2.45, 2.75) is 38.1 Å².